The molecule has 0 bridgehead atoms. The smallest absolute Gasteiger partial charge is 0.210 e. The van der Waals surface area contributed by atoms with Crippen LogP contribution in [0.2, 0.25) is 0 Å². The van der Waals surface area contributed by atoms with Crippen LogP contribution in [0.3, 0.4) is 0 Å². The van der Waals surface area contributed by atoms with Gasteiger partial charge in [0, 0.05) is 6.54 Å². The number of aromatic nitrogens is 2. The van der Waals surface area contributed by atoms with E-state index in [1.807, 2.05) is 11.4 Å². The second-order valence-corrected chi connectivity index (χ2v) is 5.78. The number of nitrogens with two attached hydrogens (primary N) is 1. The molecule has 8 heteroatoms. The number of hydrogen-bond donors (Lipinski definition) is 2. The molecule has 0 unspecified atom stereocenters. The Bertz CT molecular complexity index is 593. The van der Waals surface area contributed by atoms with Crippen molar-refractivity contribution in [2.24, 2.45) is 5.14 Å². The van der Waals surface area contributed by atoms with E-state index in [2.05, 4.69) is 15.3 Å². The predicted octanol–water partition coefficient (Wildman–Crippen LogP) is 0.392. The van der Waals surface area contributed by atoms with Gasteiger partial charge in [0.15, 0.2) is 0 Å². The second-order valence-electron chi connectivity index (χ2n) is 3.16. The Morgan fingerprint density at radius 1 is 1.44 bits per heavy atom. The first-order valence-electron chi connectivity index (χ1n) is 4.49. The third kappa shape index (κ3) is 2.65. The normalized spacial score (nSPS) is 11.8. The van der Waals surface area contributed by atoms with E-state index in [4.69, 9.17) is 5.14 Å². The molecule has 0 amide bonds. The molecule has 86 valence electrons. The van der Waals surface area contributed by atoms with Crippen LogP contribution >= 0.6 is 11.3 Å². The Morgan fingerprint density at radius 3 is 3.00 bits per heavy atom. The van der Waals surface area contributed by atoms with Crippen molar-refractivity contribution < 1.29 is 8.42 Å². The Balaban J connectivity index is 2.12. The topological polar surface area (TPSA) is 98.0 Å². The van der Waals surface area contributed by atoms with Gasteiger partial charge in [0.1, 0.15) is 17.0 Å². The SMILES string of the molecule is NS(=O)(=O)CCNc1ncnc2sccc12. The number of nitrogens with zero attached hydrogens (tertiary/aromatic N) is 2. The summed E-state index contributed by atoms with van der Waals surface area (Å²) in [5.74, 6) is 0.512. The van der Waals surface area contributed by atoms with E-state index < -0.39 is 10.0 Å². The summed E-state index contributed by atoms with van der Waals surface area (Å²) in [6.07, 6.45) is 1.44. The maximum atomic E-state index is 10.7. The number of hydrogen-bond acceptors (Lipinski definition) is 6. The van der Waals surface area contributed by atoms with Gasteiger partial charge in [0.2, 0.25) is 10.0 Å². The first-order chi connectivity index (χ1) is 7.56. The van der Waals surface area contributed by atoms with E-state index in [1.54, 1.807) is 0 Å². The highest BCUT2D eigenvalue weighted by Gasteiger charge is 2.06. The molecule has 2 heterocycles. The van der Waals surface area contributed by atoms with Crippen LogP contribution < -0.4 is 10.5 Å². The van der Waals surface area contributed by atoms with E-state index in [-0.39, 0.29) is 12.3 Å². The summed E-state index contributed by atoms with van der Waals surface area (Å²) >= 11 is 1.51. The van der Waals surface area contributed by atoms with Gasteiger partial charge in [-0.2, -0.15) is 0 Å². The highest BCUT2D eigenvalue weighted by atomic mass is 32.2. The number of anilines is 1. The highest BCUT2D eigenvalue weighted by Crippen LogP contribution is 2.23. The minimum absolute atomic E-state index is 0.122. The van der Waals surface area contributed by atoms with E-state index in [0.717, 1.165) is 10.2 Å². The van der Waals surface area contributed by atoms with Gasteiger partial charge < -0.3 is 5.32 Å². The van der Waals surface area contributed by atoms with Gasteiger partial charge >= 0.3 is 0 Å². The number of thiophene rings is 1. The van der Waals surface area contributed by atoms with Crippen molar-refractivity contribution in [3.63, 3.8) is 0 Å². The van der Waals surface area contributed by atoms with Crippen LogP contribution in [0.25, 0.3) is 10.2 Å². The molecule has 3 N–H and O–H groups in total. The van der Waals surface area contributed by atoms with Gasteiger partial charge in [-0.05, 0) is 11.4 Å². The van der Waals surface area contributed by atoms with Crippen LogP contribution in [-0.2, 0) is 10.0 Å². The van der Waals surface area contributed by atoms with Crippen molar-refractivity contribution in [2.75, 3.05) is 17.6 Å². The van der Waals surface area contributed by atoms with E-state index >= 15 is 0 Å². The van der Waals surface area contributed by atoms with Gasteiger partial charge in [0.05, 0.1) is 11.1 Å². The molecule has 0 atom stereocenters. The van der Waals surface area contributed by atoms with E-state index in [0.29, 0.717) is 5.82 Å². The molecular weight excluding hydrogens is 248 g/mol. The lowest BCUT2D eigenvalue weighted by atomic mass is 10.4. The lowest BCUT2D eigenvalue weighted by Gasteiger charge is -2.04. The average Bonchev–Trinajstić information content (AvgIpc) is 2.64. The van der Waals surface area contributed by atoms with Gasteiger partial charge in [-0.3, -0.25) is 0 Å². The summed E-state index contributed by atoms with van der Waals surface area (Å²) in [6, 6.07) is 1.89. The first-order valence-corrected chi connectivity index (χ1v) is 7.08. The van der Waals surface area contributed by atoms with Crippen molar-refractivity contribution in [1.29, 1.82) is 0 Å². The molecule has 0 saturated heterocycles. The van der Waals surface area contributed by atoms with E-state index in [1.165, 1.54) is 17.7 Å². The fourth-order valence-corrected chi connectivity index (χ4v) is 2.36. The molecule has 2 rings (SSSR count). The van der Waals surface area contributed by atoms with Crippen LogP contribution in [0.5, 0.6) is 0 Å². The largest absolute Gasteiger partial charge is 0.368 e. The Morgan fingerprint density at radius 2 is 2.25 bits per heavy atom. The minimum atomic E-state index is -3.44. The molecule has 0 saturated carbocycles. The summed E-state index contributed by atoms with van der Waals surface area (Å²) in [6.45, 7) is 0.237. The Labute approximate surface area is 96.6 Å². The molecule has 0 aliphatic heterocycles. The summed E-state index contributed by atoms with van der Waals surface area (Å²) < 4.78 is 21.5. The van der Waals surface area contributed by atoms with Crippen LogP contribution in [0.15, 0.2) is 17.8 Å². The number of rotatable bonds is 4. The zero-order valence-corrected chi connectivity index (χ0v) is 9.88. The van der Waals surface area contributed by atoms with Crippen molar-refractivity contribution in [3.05, 3.63) is 17.8 Å². The standard InChI is InChI=1S/C8H10N4O2S2/c9-16(13,14)4-2-10-7-6-1-3-15-8(6)12-5-11-7/h1,3,5H,2,4H2,(H2,9,13,14)(H,10,11,12). The quantitative estimate of drug-likeness (QED) is 0.826. The number of fused-ring (bicyclic) bond motifs is 1. The Hall–Kier alpha value is -1.25. The van der Waals surface area contributed by atoms with Crippen molar-refractivity contribution >= 4 is 37.4 Å². The Kier molecular flexibility index (Phi) is 3.03. The zero-order valence-electron chi connectivity index (χ0n) is 8.25. The van der Waals surface area contributed by atoms with Crippen LogP contribution in [0, 0.1) is 0 Å². The molecule has 16 heavy (non-hydrogen) atoms. The van der Waals surface area contributed by atoms with Crippen molar-refractivity contribution in [2.45, 2.75) is 0 Å². The molecule has 0 radical (unpaired) electrons. The summed E-state index contributed by atoms with van der Waals surface area (Å²) in [5, 5.41) is 10.6. The lowest BCUT2D eigenvalue weighted by Crippen LogP contribution is -2.22. The van der Waals surface area contributed by atoms with Gasteiger partial charge in [0.25, 0.3) is 0 Å². The fraction of sp³-hybridized carbons (Fsp3) is 0.250. The highest BCUT2D eigenvalue weighted by molar-refractivity contribution is 7.89. The molecule has 0 spiro atoms. The number of primary sulfonamides is 1. The second kappa shape index (κ2) is 4.32. The molecule has 0 fully saturated rings. The van der Waals surface area contributed by atoms with Crippen molar-refractivity contribution in [1.82, 2.24) is 9.97 Å². The summed E-state index contributed by atoms with van der Waals surface area (Å²) in [7, 11) is -3.44. The summed E-state index contributed by atoms with van der Waals surface area (Å²) in [4.78, 5) is 9.00. The summed E-state index contributed by atoms with van der Waals surface area (Å²) in [5.41, 5.74) is 0. The molecule has 0 aromatic carbocycles. The first kappa shape index (κ1) is 11.2. The predicted molar refractivity (Wildman–Crippen MR) is 63.9 cm³/mol. The number of nitrogens with one attached hydrogen (secondary N) is 1. The van der Waals surface area contributed by atoms with Gasteiger partial charge in [-0.1, -0.05) is 0 Å². The zero-order chi connectivity index (χ0) is 11.6. The third-order valence-corrected chi connectivity index (χ3v) is 3.53. The monoisotopic (exact) mass is 258 g/mol. The maximum absolute atomic E-state index is 10.7. The average molecular weight is 258 g/mol. The molecule has 0 aliphatic rings. The maximum Gasteiger partial charge on any atom is 0.210 e. The molecular formula is C8H10N4O2S2. The van der Waals surface area contributed by atoms with Crippen molar-refractivity contribution in [3.8, 4) is 0 Å². The number of sulfonamides is 1. The van der Waals surface area contributed by atoms with Crippen LogP contribution in [0.4, 0.5) is 5.82 Å². The molecule has 0 aliphatic carbocycles. The molecule has 2 aromatic heterocycles. The lowest BCUT2D eigenvalue weighted by molar-refractivity contribution is 0.598. The van der Waals surface area contributed by atoms with E-state index in [9.17, 15) is 8.42 Å². The van der Waals surface area contributed by atoms with Gasteiger partial charge in [-0.25, -0.2) is 23.5 Å². The third-order valence-electron chi connectivity index (χ3n) is 1.94. The molecule has 2 aromatic rings. The fourth-order valence-electron chi connectivity index (χ4n) is 1.24. The minimum Gasteiger partial charge on any atom is -0.368 e. The van der Waals surface area contributed by atoms with Crippen LogP contribution in [-0.4, -0.2) is 30.7 Å². The van der Waals surface area contributed by atoms with Gasteiger partial charge in [-0.15, -0.1) is 11.3 Å². The molecule has 6 nitrogen and oxygen atoms in total. The van der Waals surface area contributed by atoms with Crippen LogP contribution in [0.1, 0.15) is 0 Å².